The van der Waals surface area contributed by atoms with Crippen LogP contribution in [-0.4, -0.2) is 28.8 Å². The van der Waals surface area contributed by atoms with Crippen LogP contribution in [0.25, 0.3) is 0 Å². The summed E-state index contributed by atoms with van der Waals surface area (Å²) in [6.45, 7) is 1.42. The molecule has 0 atom stereocenters. The van der Waals surface area contributed by atoms with Crippen molar-refractivity contribution in [1.82, 2.24) is 9.78 Å². The standard InChI is InChI=1S/C8H12BrClN2O/c1-13-5-4-12-8(2-3-9)7(10)6-11-12/h6H,2-5H2,1H3. The molecule has 0 aliphatic rings. The number of ether oxygens (including phenoxy) is 1. The summed E-state index contributed by atoms with van der Waals surface area (Å²) in [5, 5.41) is 5.78. The first-order chi connectivity index (χ1) is 6.29. The fourth-order valence-electron chi connectivity index (χ4n) is 1.10. The quantitative estimate of drug-likeness (QED) is 0.764. The Labute approximate surface area is 91.1 Å². The van der Waals surface area contributed by atoms with E-state index in [-0.39, 0.29) is 0 Å². The van der Waals surface area contributed by atoms with Crippen LogP contribution in [0, 0.1) is 0 Å². The maximum atomic E-state index is 5.96. The van der Waals surface area contributed by atoms with Crippen LogP contribution < -0.4 is 0 Å². The zero-order chi connectivity index (χ0) is 9.68. The Kier molecular flexibility index (Phi) is 4.77. The van der Waals surface area contributed by atoms with E-state index in [1.54, 1.807) is 13.3 Å². The molecule has 0 amide bonds. The number of methoxy groups -OCH3 is 1. The van der Waals surface area contributed by atoms with E-state index < -0.39 is 0 Å². The molecule has 0 aromatic carbocycles. The second-order valence-electron chi connectivity index (χ2n) is 2.59. The molecule has 0 aliphatic carbocycles. The Morgan fingerprint density at radius 2 is 2.46 bits per heavy atom. The molecule has 0 spiro atoms. The van der Waals surface area contributed by atoms with Gasteiger partial charge >= 0.3 is 0 Å². The van der Waals surface area contributed by atoms with Gasteiger partial charge in [-0.3, -0.25) is 4.68 Å². The molecule has 13 heavy (non-hydrogen) atoms. The molecule has 1 rings (SSSR count). The van der Waals surface area contributed by atoms with Gasteiger partial charge in [-0.05, 0) is 0 Å². The van der Waals surface area contributed by atoms with Gasteiger partial charge in [0, 0.05) is 18.9 Å². The number of aromatic nitrogens is 2. The Hall–Kier alpha value is -0.0600. The van der Waals surface area contributed by atoms with Crippen molar-refractivity contribution in [3.05, 3.63) is 16.9 Å². The van der Waals surface area contributed by atoms with E-state index in [0.29, 0.717) is 6.61 Å². The minimum atomic E-state index is 0.660. The van der Waals surface area contributed by atoms with Gasteiger partial charge in [0.25, 0.3) is 0 Å². The SMILES string of the molecule is COCCn1ncc(Cl)c1CCBr. The highest BCUT2D eigenvalue weighted by atomic mass is 79.9. The van der Waals surface area contributed by atoms with Gasteiger partial charge in [-0.2, -0.15) is 5.10 Å². The van der Waals surface area contributed by atoms with Crippen LogP contribution in [0.1, 0.15) is 5.69 Å². The van der Waals surface area contributed by atoms with Crippen LogP contribution in [0.2, 0.25) is 5.02 Å². The Balaban J connectivity index is 2.68. The molecule has 0 fully saturated rings. The highest BCUT2D eigenvalue weighted by Crippen LogP contribution is 2.16. The molecule has 0 unspecified atom stereocenters. The molecule has 0 N–H and O–H groups in total. The van der Waals surface area contributed by atoms with E-state index in [0.717, 1.165) is 29.0 Å². The third-order valence-electron chi connectivity index (χ3n) is 1.74. The third kappa shape index (κ3) is 2.97. The van der Waals surface area contributed by atoms with Crippen molar-refractivity contribution >= 4 is 27.5 Å². The predicted octanol–water partition coefficient (Wildman–Crippen LogP) is 2.12. The lowest BCUT2D eigenvalue weighted by Gasteiger charge is -2.05. The summed E-state index contributed by atoms with van der Waals surface area (Å²) in [5.74, 6) is 0. The minimum absolute atomic E-state index is 0.660. The van der Waals surface area contributed by atoms with E-state index in [4.69, 9.17) is 16.3 Å². The molecule has 0 aliphatic heterocycles. The lowest BCUT2D eigenvalue weighted by atomic mass is 10.3. The van der Waals surface area contributed by atoms with Crippen LogP contribution in [0.4, 0.5) is 0 Å². The van der Waals surface area contributed by atoms with Crippen molar-refractivity contribution in [3.8, 4) is 0 Å². The number of hydrogen-bond acceptors (Lipinski definition) is 2. The highest BCUT2D eigenvalue weighted by Gasteiger charge is 2.07. The Morgan fingerprint density at radius 3 is 3.08 bits per heavy atom. The molecule has 0 saturated carbocycles. The van der Waals surface area contributed by atoms with E-state index in [9.17, 15) is 0 Å². The van der Waals surface area contributed by atoms with Crippen molar-refractivity contribution < 1.29 is 4.74 Å². The molecule has 1 heterocycles. The predicted molar refractivity (Wildman–Crippen MR) is 56.6 cm³/mol. The first kappa shape index (κ1) is 11.0. The summed E-state index contributed by atoms with van der Waals surface area (Å²) in [4.78, 5) is 0. The first-order valence-corrected chi connectivity index (χ1v) is 5.54. The monoisotopic (exact) mass is 266 g/mol. The molecule has 3 nitrogen and oxygen atoms in total. The van der Waals surface area contributed by atoms with Crippen molar-refractivity contribution in [1.29, 1.82) is 0 Å². The van der Waals surface area contributed by atoms with Crippen molar-refractivity contribution in [2.24, 2.45) is 0 Å². The molecular weight excluding hydrogens is 255 g/mol. The van der Waals surface area contributed by atoms with Crippen LogP contribution in [0.3, 0.4) is 0 Å². The van der Waals surface area contributed by atoms with Gasteiger partial charge in [-0.25, -0.2) is 0 Å². The normalized spacial score (nSPS) is 10.7. The van der Waals surface area contributed by atoms with Crippen molar-refractivity contribution in [2.75, 3.05) is 19.0 Å². The maximum Gasteiger partial charge on any atom is 0.0818 e. The summed E-state index contributed by atoms with van der Waals surface area (Å²) in [5.41, 5.74) is 1.07. The third-order valence-corrected chi connectivity index (χ3v) is 2.45. The van der Waals surface area contributed by atoms with Gasteiger partial charge < -0.3 is 4.74 Å². The Morgan fingerprint density at radius 1 is 1.69 bits per heavy atom. The molecular formula is C8H12BrClN2O. The number of hydrogen-bond donors (Lipinski definition) is 0. The summed E-state index contributed by atoms with van der Waals surface area (Å²) < 4.78 is 6.85. The van der Waals surface area contributed by atoms with Crippen LogP contribution in [0.5, 0.6) is 0 Å². The highest BCUT2D eigenvalue weighted by molar-refractivity contribution is 9.09. The molecule has 1 aromatic heterocycles. The van der Waals surface area contributed by atoms with Crippen molar-refractivity contribution in [2.45, 2.75) is 13.0 Å². The number of halogens is 2. The lowest BCUT2D eigenvalue weighted by Crippen LogP contribution is -2.09. The van der Waals surface area contributed by atoms with E-state index in [2.05, 4.69) is 21.0 Å². The molecule has 5 heteroatoms. The van der Waals surface area contributed by atoms with Crippen LogP contribution >= 0.6 is 27.5 Å². The van der Waals surface area contributed by atoms with Crippen LogP contribution in [0.15, 0.2) is 6.20 Å². The minimum Gasteiger partial charge on any atom is -0.383 e. The second kappa shape index (κ2) is 5.62. The average molecular weight is 268 g/mol. The lowest BCUT2D eigenvalue weighted by molar-refractivity contribution is 0.182. The molecule has 0 saturated heterocycles. The van der Waals surface area contributed by atoms with Crippen LogP contribution in [-0.2, 0) is 17.7 Å². The molecule has 0 bridgehead atoms. The topological polar surface area (TPSA) is 27.1 Å². The van der Waals surface area contributed by atoms with Gasteiger partial charge in [0.1, 0.15) is 0 Å². The molecule has 1 aromatic rings. The fourth-order valence-corrected chi connectivity index (χ4v) is 1.71. The summed E-state index contributed by atoms with van der Waals surface area (Å²) in [7, 11) is 1.68. The number of alkyl halides is 1. The van der Waals surface area contributed by atoms with Gasteiger partial charge in [0.05, 0.1) is 30.1 Å². The summed E-state index contributed by atoms with van der Waals surface area (Å²) >= 11 is 9.33. The van der Waals surface area contributed by atoms with E-state index in [1.807, 2.05) is 4.68 Å². The number of nitrogens with zero attached hydrogens (tertiary/aromatic N) is 2. The van der Waals surface area contributed by atoms with Gasteiger partial charge in [-0.1, -0.05) is 27.5 Å². The molecule has 74 valence electrons. The fraction of sp³-hybridized carbons (Fsp3) is 0.625. The zero-order valence-corrected chi connectivity index (χ0v) is 9.81. The summed E-state index contributed by atoms with van der Waals surface area (Å²) in [6.07, 6.45) is 2.57. The first-order valence-electron chi connectivity index (χ1n) is 4.04. The second-order valence-corrected chi connectivity index (χ2v) is 3.79. The maximum absolute atomic E-state index is 5.96. The molecule has 0 radical (unpaired) electrons. The largest absolute Gasteiger partial charge is 0.383 e. The average Bonchev–Trinajstić information content (AvgIpc) is 2.46. The van der Waals surface area contributed by atoms with Gasteiger partial charge in [-0.15, -0.1) is 0 Å². The zero-order valence-electron chi connectivity index (χ0n) is 7.46. The Bertz CT molecular complexity index is 265. The van der Waals surface area contributed by atoms with Gasteiger partial charge in [0.15, 0.2) is 0 Å². The van der Waals surface area contributed by atoms with E-state index >= 15 is 0 Å². The van der Waals surface area contributed by atoms with E-state index in [1.165, 1.54) is 0 Å². The van der Waals surface area contributed by atoms with Gasteiger partial charge in [0.2, 0.25) is 0 Å². The smallest absolute Gasteiger partial charge is 0.0818 e. The number of rotatable bonds is 5. The van der Waals surface area contributed by atoms with Crippen molar-refractivity contribution in [3.63, 3.8) is 0 Å². The summed E-state index contributed by atoms with van der Waals surface area (Å²) in [6, 6.07) is 0.